The Morgan fingerprint density at radius 3 is 2.89 bits per heavy atom. The van der Waals surface area contributed by atoms with Crippen LogP contribution in [-0.4, -0.2) is 15.6 Å². The van der Waals surface area contributed by atoms with Crippen LogP contribution in [0.1, 0.15) is 21.5 Å². The second-order valence-corrected chi connectivity index (χ2v) is 4.71. The van der Waals surface area contributed by atoms with E-state index in [0.717, 1.165) is 33.8 Å². The molecule has 1 aromatic heterocycles. The van der Waals surface area contributed by atoms with Gasteiger partial charge in [-0.3, -0.25) is 9.48 Å². The Kier molecular flexibility index (Phi) is 1.66. The zero-order chi connectivity index (χ0) is 12.3. The van der Waals surface area contributed by atoms with Gasteiger partial charge < -0.3 is 5.32 Å². The third kappa shape index (κ3) is 1.09. The maximum atomic E-state index is 12.3. The molecule has 2 aromatic rings. The molecule has 18 heavy (non-hydrogen) atoms. The molecule has 0 atom stereocenters. The van der Waals surface area contributed by atoms with E-state index in [4.69, 9.17) is 0 Å². The normalized spacial score (nSPS) is 16.2. The van der Waals surface area contributed by atoms with Crippen LogP contribution in [0.4, 0.5) is 5.82 Å². The van der Waals surface area contributed by atoms with E-state index in [1.54, 1.807) is 4.68 Å². The highest BCUT2D eigenvalue weighted by Crippen LogP contribution is 2.39. The Morgan fingerprint density at radius 1 is 1.28 bits per heavy atom. The molecule has 0 radical (unpaired) electrons. The van der Waals surface area contributed by atoms with Crippen LogP contribution >= 0.6 is 0 Å². The average molecular weight is 237 g/mol. The van der Waals surface area contributed by atoms with Gasteiger partial charge in [0.2, 0.25) is 0 Å². The first-order valence-electron chi connectivity index (χ1n) is 5.91. The topological polar surface area (TPSA) is 46.9 Å². The van der Waals surface area contributed by atoms with Gasteiger partial charge in [0.15, 0.2) is 11.6 Å². The molecule has 4 nitrogen and oxygen atoms in total. The number of hydrogen-bond donors (Lipinski definition) is 1. The van der Waals surface area contributed by atoms with Gasteiger partial charge in [0, 0.05) is 41.9 Å². The highest BCUT2D eigenvalue weighted by molar-refractivity contribution is 6.22. The lowest BCUT2D eigenvalue weighted by Gasteiger charge is -2.15. The van der Waals surface area contributed by atoms with Gasteiger partial charge in [-0.1, -0.05) is 24.3 Å². The van der Waals surface area contributed by atoms with Crippen molar-refractivity contribution in [2.45, 2.75) is 6.42 Å². The van der Waals surface area contributed by atoms with Crippen LogP contribution in [0.2, 0.25) is 0 Å². The molecule has 4 heteroatoms. The van der Waals surface area contributed by atoms with Crippen molar-refractivity contribution in [2.75, 3.05) is 5.32 Å². The van der Waals surface area contributed by atoms with Crippen molar-refractivity contribution >= 4 is 17.3 Å². The fourth-order valence-electron chi connectivity index (χ4n) is 2.73. The van der Waals surface area contributed by atoms with Crippen molar-refractivity contribution in [1.29, 1.82) is 0 Å². The van der Waals surface area contributed by atoms with E-state index in [0.29, 0.717) is 6.42 Å². The minimum absolute atomic E-state index is 0.141. The lowest BCUT2D eigenvalue weighted by atomic mass is 10.0. The van der Waals surface area contributed by atoms with Crippen LogP contribution in [-0.2, 0) is 13.5 Å². The summed E-state index contributed by atoms with van der Waals surface area (Å²) in [6.07, 6.45) is 2.63. The van der Waals surface area contributed by atoms with E-state index in [1.807, 2.05) is 37.5 Å². The van der Waals surface area contributed by atoms with Gasteiger partial charge >= 0.3 is 0 Å². The Morgan fingerprint density at radius 2 is 2.06 bits per heavy atom. The molecule has 0 amide bonds. The molecule has 4 rings (SSSR count). The zero-order valence-corrected chi connectivity index (χ0v) is 9.90. The summed E-state index contributed by atoms with van der Waals surface area (Å²) in [6.45, 7) is 0. The summed E-state index contributed by atoms with van der Waals surface area (Å²) < 4.78 is 1.77. The van der Waals surface area contributed by atoms with Crippen molar-refractivity contribution in [3.63, 3.8) is 0 Å². The van der Waals surface area contributed by atoms with E-state index >= 15 is 0 Å². The molecular weight excluding hydrogens is 226 g/mol. The molecule has 88 valence electrons. The third-order valence-corrected chi connectivity index (χ3v) is 3.53. The second kappa shape index (κ2) is 3.10. The zero-order valence-electron chi connectivity index (χ0n) is 9.90. The van der Waals surface area contributed by atoms with E-state index in [2.05, 4.69) is 10.4 Å². The minimum Gasteiger partial charge on any atom is -0.338 e. The molecular formula is C14H11N3O. The standard InChI is InChI=1S/C14H11N3O/c1-17-7-8-6-11-12(15-14(8)16-17)9-4-2-3-5-10(9)13(11)18/h2-5,7H,6H2,1H3,(H,15,16). The van der Waals surface area contributed by atoms with Gasteiger partial charge in [-0.25, -0.2) is 0 Å². The Hall–Kier alpha value is -2.36. The first kappa shape index (κ1) is 9.65. The Balaban J connectivity index is 1.89. The number of benzene rings is 1. The molecule has 1 aromatic carbocycles. The largest absolute Gasteiger partial charge is 0.338 e. The molecule has 0 saturated heterocycles. The molecule has 1 N–H and O–H groups in total. The molecule has 1 aliphatic carbocycles. The number of anilines is 1. The number of allylic oxidation sites excluding steroid dienone is 1. The fraction of sp³-hybridized carbons (Fsp3) is 0.143. The minimum atomic E-state index is 0.141. The number of aromatic nitrogens is 2. The number of nitrogens with one attached hydrogen (secondary N) is 1. The highest BCUT2D eigenvalue weighted by atomic mass is 16.1. The molecule has 0 unspecified atom stereocenters. The first-order chi connectivity index (χ1) is 8.74. The smallest absolute Gasteiger partial charge is 0.192 e. The monoisotopic (exact) mass is 237 g/mol. The van der Waals surface area contributed by atoms with E-state index in [-0.39, 0.29) is 5.78 Å². The lowest BCUT2D eigenvalue weighted by molar-refractivity contribution is 0.103. The molecule has 0 saturated carbocycles. The molecule has 0 spiro atoms. The highest BCUT2D eigenvalue weighted by Gasteiger charge is 2.33. The van der Waals surface area contributed by atoms with Gasteiger partial charge in [-0.15, -0.1) is 0 Å². The van der Waals surface area contributed by atoms with Gasteiger partial charge in [-0.2, -0.15) is 5.10 Å². The Bertz CT molecular complexity index is 724. The molecule has 2 aliphatic rings. The van der Waals surface area contributed by atoms with Crippen molar-refractivity contribution < 1.29 is 4.79 Å². The average Bonchev–Trinajstić information content (AvgIpc) is 2.86. The van der Waals surface area contributed by atoms with Crippen LogP contribution in [0.25, 0.3) is 5.70 Å². The number of aryl methyl sites for hydroxylation is 1. The molecule has 0 bridgehead atoms. The van der Waals surface area contributed by atoms with Gasteiger partial charge in [0.1, 0.15) is 0 Å². The van der Waals surface area contributed by atoms with Crippen LogP contribution < -0.4 is 5.32 Å². The van der Waals surface area contributed by atoms with Gasteiger partial charge in [0.05, 0.1) is 5.70 Å². The number of carbonyl (C=O) groups is 1. The number of Topliss-reactive ketones (excluding diaryl/α,β-unsaturated/α-hetero) is 1. The fourth-order valence-corrected chi connectivity index (χ4v) is 2.73. The number of nitrogens with zero attached hydrogens (tertiary/aromatic N) is 2. The first-order valence-corrected chi connectivity index (χ1v) is 5.91. The van der Waals surface area contributed by atoms with Crippen LogP contribution in [0.3, 0.4) is 0 Å². The number of rotatable bonds is 0. The molecule has 2 heterocycles. The summed E-state index contributed by atoms with van der Waals surface area (Å²) in [7, 11) is 1.89. The summed E-state index contributed by atoms with van der Waals surface area (Å²) >= 11 is 0. The van der Waals surface area contributed by atoms with Crippen molar-refractivity contribution in [3.8, 4) is 0 Å². The van der Waals surface area contributed by atoms with E-state index < -0.39 is 0 Å². The van der Waals surface area contributed by atoms with Crippen LogP contribution in [0, 0.1) is 0 Å². The molecule has 1 aliphatic heterocycles. The summed E-state index contributed by atoms with van der Waals surface area (Å²) in [6, 6.07) is 7.73. The van der Waals surface area contributed by atoms with E-state index in [9.17, 15) is 4.79 Å². The quantitative estimate of drug-likeness (QED) is 0.762. The lowest BCUT2D eigenvalue weighted by Crippen LogP contribution is -2.11. The van der Waals surface area contributed by atoms with E-state index in [1.165, 1.54) is 0 Å². The van der Waals surface area contributed by atoms with Crippen molar-refractivity contribution in [2.24, 2.45) is 7.05 Å². The number of hydrogen-bond acceptors (Lipinski definition) is 3. The summed E-state index contributed by atoms with van der Waals surface area (Å²) in [5.74, 6) is 1.00. The maximum absolute atomic E-state index is 12.3. The summed E-state index contributed by atoms with van der Waals surface area (Å²) in [4.78, 5) is 12.3. The van der Waals surface area contributed by atoms with Crippen molar-refractivity contribution in [1.82, 2.24) is 9.78 Å². The maximum Gasteiger partial charge on any atom is 0.192 e. The number of carbonyl (C=O) groups excluding carboxylic acids is 1. The molecule has 0 fully saturated rings. The van der Waals surface area contributed by atoms with Gasteiger partial charge in [0.25, 0.3) is 0 Å². The van der Waals surface area contributed by atoms with Crippen molar-refractivity contribution in [3.05, 3.63) is 52.7 Å². The number of fused-ring (bicyclic) bond motifs is 3. The predicted molar refractivity (Wildman–Crippen MR) is 68.2 cm³/mol. The summed E-state index contributed by atoms with van der Waals surface area (Å²) in [5.41, 5.74) is 4.66. The summed E-state index contributed by atoms with van der Waals surface area (Å²) in [5, 5.41) is 7.66. The number of ketones is 1. The second-order valence-electron chi connectivity index (χ2n) is 4.71. The van der Waals surface area contributed by atoms with Crippen LogP contribution in [0.5, 0.6) is 0 Å². The Labute approximate surface area is 104 Å². The predicted octanol–water partition coefficient (Wildman–Crippen LogP) is 2.00. The van der Waals surface area contributed by atoms with Crippen LogP contribution in [0.15, 0.2) is 36.0 Å². The van der Waals surface area contributed by atoms with Gasteiger partial charge in [-0.05, 0) is 0 Å². The SMILES string of the molecule is Cn1cc2c(n1)NC1=C(C2)C(=O)c2ccccc21. The third-order valence-electron chi connectivity index (χ3n) is 3.53.